The number of anilines is 2. The molecule has 7 rings (SSSR count). The number of carbonyl (C=O) groups is 4. The van der Waals surface area contributed by atoms with Crippen LogP contribution in [0.15, 0.2) is 115 Å². The number of nitrogens with one attached hydrogen (secondary N) is 2. The van der Waals surface area contributed by atoms with Crippen LogP contribution in [-0.4, -0.2) is 119 Å². The van der Waals surface area contributed by atoms with Crippen molar-refractivity contribution < 1.29 is 52.3 Å². The third-order valence-corrected chi connectivity index (χ3v) is 10.4. The van der Waals surface area contributed by atoms with E-state index >= 15 is 0 Å². The molecule has 0 atom stereocenters. The maximum absolute atomic E-state index is 12.2. The van der Waals surface area contributed by atoms with Gasteiger partial charge in [-0.2, -0.15) is 5.26 Å². The fourth-order valence-electron chi connectivity index (χ4n) is 6.17. The molecule has 0 bridgehead atoms. The molecule has 366 valence electrons. The number of pyridine rings is 1. The first-order valence-electron chi connectivity index (χ1n) is 21.5. The van der Waals surface area contributed by atoms with Gasteiger partial charge in [-0.1, -0.05) is 35.9 Å². The Kier molecular flexibility index (Phi) is 20.1. The molecule has 3 amide bonds. The summed E-state index contributed by atoms with van der Waals surface area (Å²) < 4.78 is 37.4. The number of esters is 1. The molecule has 6 aromatic rings. The van der Waals surface area contributed by atoms with Crippen LogP contribution >= 0.6 is 11.6 Å². The Hall–Kier alpha value is -8.47. The van der Waals surface area contributed by atoms with Gasteiger partial charge in [-0.05, 0) is 85.9 Å². The molecule has 6 N–H and O–H groups in total. The second kappa shape index (κ2) is 26.8. The fraction of sp³-hybridized carbons (Fsp3) is 0.240. The lowest BCUT2D eigenvalue weighted by molar-refractivity contribution is -0.141. The van der Waals surface area contributed by atoms with Crippen LogP contribution in [0.3, 0.4) is 0 Å². The van der Waals surface area contributed by atoms with Crippen molar-refractivity contribution in [1.29, 1.82) is 5.26 Å². The summed E-state index contributed by atoms with van der Waals surface area (Å²) in [5.41, 5.74) is 13.6. The van der Waals surface area contributed by atoms with E-state index in [0.717, 1.165) is 13.1 Å². The van der Waals surface area contributed by atoms with Crippen molar-refractivity contribution in [3.05, 3.63) is 126 Å². The summed E-state index contributed by atoms with van der Waals surface area (Å²) in [5.74, 6) is 2.69. The molecule has 0 spiro atoms. The van der Waals surface area contributed by atoms with Gasteiger partial charge in [0.25, 0.3) is 11.8 Å². The maximum Gasteiger partial charge on any atom is 0.325 e. The van der Waals surface area contributed by atoms with E-state index in [0.29, 0.717) is 91.9 Å². The average molecular weight is 977 g/mol. The number of benzene rings is 5. The van der Waals surface area contributed by atoms with Crippen LogP contribution in [0.2, 0.25) is 5.02 Å². The number of nitrogen functional groups attached to an aromatic ring is 2. The molecule has 0 unspecified atom stereocenters. The first-order valence-corrected chi connectivity index (χ1v) is 21.9. The Morgan fingerprint density at radius 1 is 0.671 bits per heavy atom. The molecule has 0 radical (unpaired) electrons. The molecule has 70 heavy (non-hydrogen) atoms. The third kappa shape index (κ3) is 16.1. The van der Waals surface area contributed by atoms with E-state index in [-0.39, 0.29) is 38.1 Å². The molecule has 20 heteroatoms. The Morgan fingerprint density at radius 2 is 1.14 bits per heavy atom. The number of likely N-dealkylation sites (N-methyl/N-ethyl adjacent to an activating group) is 1. The highest BCUT2D eigenvalue weighted by Gasteiger charge is 2.20. The molecular weight excluding hydrogens is 924 g/mol. The van der Waals surface area contributed by atoms with Gasteiger partial charge in [-0.3, -0.25) is 24.2 Å². The van der Waals surface area contributed by atoms with Crippen LogP contribution in [0, 0.1) is 11.3 Å². The Labute approximate surface area is 409 Å². The number of rotatable bonds is 16. The van der Waals surface area contributed by atoms with Crippen molar-refractivity contribution >= 4 is 57.6 Å². The van der Waals surface area contributed by atoms with Gasteiger partial charge in [-0.15, -0.1) is 0 Å². The minimum Gasteiger partial charge on any atom is -0.493 e. The number of fused-ring (bicyclic) bond motifs is 1. The zero-order valence-electron chi connectivity index (χ0n) is 38.9. The van der Waals surface area contributed by atoms with Crippen molar-refractivity contribution in [2.24, 2.45) is 0 Å². The number of ether oxygens (including phenoxy) is 7. The summed E-state index contributed by atoms with van der Waals surface area (Å²) >= 11 is 6.11. The van der Waals surface area contributed by atoms with E-state index in [2.05, 4.69) is 25.3 Å². The van der Waals surface area contributed by atoms with E-state index in [4.69, 9.17) is 56.8 Å². The van der Waals surface area contributed by atoms with E-state index < -0.39 is 11.9 Å². The highest BCUT2D eigenvalue weighted by atomic mass is 35.5. The normalized spacial score (nSPS) is 11.7. The second-order valence-electron chi connectivity index (χ2n) is 14.9. The molecular formula is C50H53ClN8O11. The van der Waals surface area contributed by atoms with Gasteiger partial charge < -0.3 is 65.1 Å². The highest BCUT2D eigenvalue weighted by molar-refractivity contribution is 6.36. The molecule has 1 aliphatic rings. The van der Waals surface area contributed by atoms with E-state index in [1.165, 1.54) is 13.3 Å². The second-order valence-corrected chi connectivity index (χ2v) is 15.3. The summed E-state index contributed by atoms with van der Waals surface area (Å²) in [6.07, 6.45) is 1.44. The highest BCUT2D eigenvalue weighted by Crippen LogP contribution is 2.36. The molecule has 0 saturated carbocycles. The van der Waals surface area contributed by atoms with Crippen molar-refractivity contribution in [3.63, 3.8) is 0 Å². The van der Waals surface area contributed by atoms with Crippen LogP contribution in [0.4, 0.5) is 11.4 Å². The number of nitriles is 1. The summed E-state index contributed by atoms with van der Waals surface area (Å²) in [6.45, 7) is 2.34. The lowest BCUT2D eigenvalue weighted by Crippen LogP contribution is -2.50. The minimum atomic E-state index is -0.532. The number of halogens is 1. The molecule has 1 saturated heterocycles. The van der Waals surface area contributed by atoms with E-state index in [1.54, 1.807) is 122 Å². The molecule has 19 nitrogen and oxygen atoms in total. The first kappa shape index (κ1) is 52.5. The number of aromatic nitrogens is 1. The number of carbonyl (C=O) groups excluding carboxylic acids is 4. The average Bonchev–Trinajstić information content (AvgIpc) is 3.38. The summed E-state index contributed by atoms with van der Waals surface area (Å²) in [6, 6.07) is 33.3. The summed E-state index contributed by atoms with van der Waals surface area (Å²) in [4.78, 5) is 55.0. The van der Waals surface area contributed by atoms with Crippen molar-refractivity contribution in [2.75, 3.05) is 92.3 Å². The summed E-state index contributed by atoms with van der Waals surface area (Å²) in [7, 11) is 6.36. The largest absolute Gasteiger partial charge is 0.493 e. The Balaban J connectivity index is 0.000000202. The molecule has 1 aromatic heterocycles. The van der Waals surface area contributed by atoms with Crippen molar-refractivity contribution in [1.82, 2.24) is 25.4 Å². The molecule has 5 aromatic carbocycles. The first-order chi connectivity index (χ1) is 33.8. The van der Waals surface area contributed by atoms with Crippen LogP contribution in [0.25, 0.3) is 10.9 Å². The lowest BCUT2D eigenvalue weighted by atomic mass is 10.1. The number of hydrogen-bond donors (Lipinski definition) is 4. The van der Waals surface area contributed by atoms with Gasteiger partial charge in [0, 0.05) is 55.2 Å². The van der Waals surface area contributed by atoms with Crippen molar-refractivity contribution in [2.45, 2.75) is 0 Å². The smallest absolute Gasteiger partial charge is 0.325 e. The number of nitrogens with two attached hydrogens (primary N) is 2. The Morgan fingerprint density at radius 3 is 1.61 bits per heavy atom. The predicted octanol–water partition coefficient (Wildman–Crippen LogP) is 5.84. The van der Waals surface area contributed by atoms with Gasteiger partial charge in [0.1, 0.15) is 24.1 Å². The fourth-order valence-corrected chi connectivity index (χ4v) is 6.41. The van der Waals surface area contributed by atoms with Gasteiger partial charge in [-0.25, -0.2) is 0 Å². The molecule has 1 aliphatic heterocycles. The standard InChI is InChI=1S/C21H26N4O4.C17H18N2O5.C12H9ClN2O2/c1-24-10-12-25(13-11-24)21(27)14-23-20(26)15-28-18-4-2-3-5-19(18)29-17-8-6-16(22)7-9-17;1-22-17(21)10-19-16(20)11-23-14-4-2-3-5-15(14)24-13-8-6-12(18)7-9-13;1-16-10-3-8-9(4-11(10)17-2)15-6-7(5-14)12(8)13/h2-9H,10-15,22H2,1H3,(H,23,26);2-9H,10-11,18H2,1H3,(H,19,20);3-4,6H,1-2H3. The summed E-state index contributed by atoms with van der Waals surface area (Å²) in [5, 5.41) is 14.9. The zero-order valence-corrected chi connectivity index (χ0v) is 39.7. The Bertz CT molecular complexity index is 2750. The maximum atomic E-state index is 12.2. The molecule has 0 aliphatic carbocycles. The van der Waals surface area contributed by atoms with Gasteiger partial charge >= 0.3 is 5.97 Å². The number of nitrogens with zero attached hydrogens (tertiary/aromatic N) is 4. The van der Waals surface area contributed by atoms with Gasteiger partial charge in [0.15, 0.2) is 47.7 Å². The SMILES string of the molecule is CN1CCN(C(=O)CNC(=O)COc2ccccc2Oc2ccc(N)cc2)CC1.COC(=O)CNC(=O)COc1ccccc1Oc1ccc(N)cc1.COc1cc2ncc(C#N)c(Cl)c2cc1OC. The quantitative estimate of drug-likeness (QED) is 0.0657. The minimum absolute atomic E-state index is 0.0323. The number of methoxy groups -OCH3 is 3. The van der Waals surface area contributed by atoms with Crippen LogP contribution in [0.1, 0.15) is 5.56 Å². The van der Waals surface area contributed by atoms with Gasteiger partial charge in [0.2, 0.25) is 5.91 Å². The van der Waals surface area contributed by atoms with Crippen LogP contribution in [-0.2, 0) is 23.9 Å². The number of hydrogen-bond acceptors (Lipinski definition) is 16. The van der Waals surface area contributed by atoms with Crippen molar-refractivity contribution in [3.8, 4) is 52.1 Å². The van der Waals surface area contributed by atoms with E-state index in [9.17, 15) is 19.2 Å². The number of para-hydroxylation sites is 4. The van der Waals surface area contributed by atoms with Crippen LogP contribution in [0.5, 0.6) is 46.0 Å². The van der Waals surface area contributed by atoms with Crippen LogP contribution < -0.4 is 50.5 Å². The monoisotopic (exact) mass is 976 g/mol. The zero-order chi connectivity index (χ0) is 50.4. The van der Waals surface area contributed by atoms with E-state index in [1.807, 2.05) is 19.2 Å². The number of amides is 3. The van der Waals surface area contributed by atoms with Gasteiger partial charge in [0.05, 0.1) is 44.0 Å². The molecule has 1 fully saturated rings. The number of piperazine rings is 1. The topological polar surface area (TPSA) is 252 Å². The lowest BCUT2D eigenvalue weighted by Gasteiger charge is -2.32. The predicted molar refractivity (Wildman–Crippen MR) is 262 cm³/mol. The molecule has 2 heterocycles. The third-order valence-electron chi connectivity index (χ3n) is 10.0.